The van der Waals surface area contributed by atoms with Crippen LogP contribution in [0.2, 0.25) is 5.02 Å². The van der Waals surface area contributed by atoms with Gasteiger partial charge in [-0.05, 0) is 36.5 Å². The van der Waals surface area contributed by atoms with Crippen LogP contribution < -0.4 is 0 Å². The first-order valence-corrected chi connectivity index (χ1v) is 5.50. The van der Waals surface area contributed by atoms with Crippen LogP contribution in [0.1, 0.15) is 25.8 Å². The standard InChI is InChI=1S/C12H16ClFO/c1-8(2)12(15)6-4-9-3-5-11(14)10(13)7-9/h3,5,7-8,12,15H,4,6H2,1-2H3. The molecule has 1 rings (SSSR count). The van der Waals surface area contributed by atoms with Gasteiger partial charge in [-0.25, -0.2) is 4.39 Å². The zero-order chi connectivity index (χ0) is 11.4. The molecule has 0 saturated heterocycles. The molecule has 0 aliphatic carbocycles. The normalized spacial score (nSPS) is 13.2. The molecule has 0 bridgehead atoms. The minimum absolute atomic E-state index is 0.145. The molecule has 0 heterocycles. The molecule has 1 nitrogen and oxygen atoms in total. The molecule has 1 aromatic carbocycles. The van der Waals surface area contributed by atoms with Crippen molar-refractivity contribution in [1.82, 2.24) is 0 Å². The molecule has 0 saturated carbocycles. The summed E-state index contributed by atoms with van der Waals surface area (Å²) in [4.78, 5) is 0. The molecule has 0 amide bonds. The van der Waals surface area contributed by atoms with Crippen LogP contribution in [0, 0.1) is 11.7 Å². The summed E-state index contributed by atoms with van der Waals surface area (Å²) >= 11 is 5.65. The fourth-order valence-electron chi connectivity index (χ4n) is 1.34. The predicted octanol–water partition coefficient (Wildman–Crippen LogP) is 3.43. The second-order valence-electron chi connectivity index (χ2n) is 4.10. The van der Waals surface area contributed by atoms with Gasteiger partial charge in [0.05, 0.1) is 11.1 Å². The molecule has 0 aliphatic rings. The summed E-state index contributed by atoms with van der Waals surface area (Å²) < 4.78 is 12.8. The maximum atomic E-state index is 12.8. The van der Waals surface area contributed by atoms with Crippen molar-refractivity contribution >= 4 is 11.6 Å². The van der Waals surface area contributed by atoms with Crippen molar-refractivity contribution in [2.24, 2.45) is 5.92 Å². The molecule has 0 fully saturated rings. The quantitative estimate of drug-likeness (QED) is 0.840. The van der Waals surface area contributed by atoms with Gasteiger partial charge < -0.3 is 5.11 Å². The van der Waals surface area contributed by atoms with Gasteiger partial charge in [-0.3, -0.25) is 0 Å². The summed E-state index contributed by atoms with van der Waals surface area (Å²) in [5, 5.41) is 9.75. The summed E-state index contributed by atoms with van der Waals surface area (Å²) in [5.41, 5.74) is 0.959. The number of rotatable bonds is 4. The molecule has 1 atom stereocenters. The maximum Gasteiger partial charge on any atom is 0.141 e. The van der Waals surface area contributed by atoms with Crippen molar-refractivity contribution < 1.29 is 9.50 Å². The third kappa shape index (κ3) is 3.80. The van der Waals surface area contributed by atoms with Gasteiger partial charge in [0, 0.05) is 0 Å². The third-order valence-corrected chi connectivity index (χ3v) is 2.77. The van der Waals surface area contributed by atoms with Gasteiger partial charge in [0.1, 0.15) is 5.82 Å². The highest BCUT2D eigenvalue weighted by atomic mass is 35.5. The van der Waals surface area contributed by atoms with Crippen molar-refractivity contribution in [3.63, 3.8) is 0 Å². The van der Waals surface area contributed by atoms with E-state index < -0.39 is 5.82 Å². The summed E-state index contributed by atoms with van der Waals surface area (Å²) in [6.45, 7) is 3.95. The Morgan fingerprint density at radius 2 is 2.07 bits per heavy atom. The van der Waals surface area contributed by atoms with Crippen LogP contribution in [-0.2, 0) is 6.42 Å². The number of aliphatic hydroxyl groups is 1. The van der Waals surface area contributed by atoms with Gasteiger partial charge in [-0.2, -0.15) is 0 Å². The van der Waals surface area contributed by atoms with E-state index in [-0.39, 0.29) is 17.0 Å². The number of aliphatic hydroxyl groups excluding tert-OH is 1. The van der Waals surface area contributed by atoms with E-state index in [9.17, 15) is 9.50 Å². The van der Waals surface area contributed by atoms with E-state index in [1.54, 1.807) is 12.1 Å². The number of halogens is 2. The lowest BCUT2D eigenvalue weighted by Crippen LogP contribution is -2.15. The highest BCUT2D eigenvalue weighted by Gasteiger charge is 2.09. The summed E-state index contributed by atoms with van der Waals surface area (Å²) in [6.07, 6.45) is 1.09. The van der Waals surface area contributed by atoms with Crippen LogP contribution >= 0.6 is 11.6 Å². The van der Waals surface area contributed by atoms with Crippen LogP contribution in [0.5, 0.6) is 0 Å². The Hall–Kier alpha value is -0.600. The Morgan fingerprint density at radius 1 is 1.40 bits per heavy atom. The SMILES string of the molecule is CC(C)C(O)CCc1ccc(F)c(Cl)c1. The minimum Gasteiger partial charge on any atom is -0.393 e. The molecule has 1 unspecified atom stereocenters. The Bertz CT molecular complexity index is 325. The predicted molar refractivity (Wildman–Crippen MR) is 60.6 cm³/mol. The largest absolute Gasteiger partial charge is 0.393 e. The molecule has 84 valence electrons. The lowest BCUT2D eigenvalue weighted by Gasteiger charge is -2.13. The van der Waals surface area contributed by atoms with Gasteiger partial charge in [0.25, 0.3) is 0 Å². The summed E-state index contributed by atoms with van der Waals surface area (Å²) in [6, 6.07) is 4.68. The molecule has 15 heavy (non-hydrogen) atoms. The molecule has 0 spiro atoms. The first-order valence-electron chi connectivity index (χ1n) is 5.12. The van der Waals surface area contributed by atoms with E-state index in [2.05, 4.69) is 0 Å². The van der Waals surface area contributed by atoms with E-state index in [4.69, 9.17) is 11.6 Å². The Labute approximate surface area is 94.9 Å². The highest BCUT2D eigenvalue weighted by Crippen LogP contribution is 2.18. The zero-order valence-electron chi connectivity index (χ0n) is 9.00. The second-order valence-corrected chi connectivity index (χ2v) is 4.51. The second kappa shape index (κ2) is 5.47. The number of hydrogen-bond donors (Lipinski definition) is 1. The Morgan fingerprint density at radius 3 is 2.60 bits per heavy atom. The van der Waals surface area contributed by atoms with Gasteiger partial charge >= 0.3 is 0 Å². The van der Waals surface area contributed by atoms with Crippen molar-refractivity contribution in [3.05, 3.63) is 34.6 Å². The van der Waals surface area contributed by atoms with Crippen LogP contribution in [0.4, 0.5) is 4.39 Å². The summed E-state index contributed by atoms with van der Waals surface area (Å²) in [7, 11) is 0. The average Bonchev–Trinajstić information content (AvgIpc) is 2.19. The molecule has 3 heteroatoms. The number of aryl methyl sites for hydroxylation is 1. The molecule has 0 aliphatic heterocycles. The highest BCUT2D eigenvalue weighted by molar-refractivity contribution is 6.30. The van der Waals surface area contributed by atoms with Crippen LogP contribution in [0.25, 0.3) is 0 Å². The van der Waals surface area contributed by atoms with E-state index >= 15 is 0 Å². The van der Waals surface area contributed by atoms with E-state index in [0.29, 0.717) is 6.42 Å². The molecule has 0 radical (unpaired) electrons. The monoisotopic (exact) mass is 230 g/mol. The van der Waals surface area contributed by atoms with Gasteiger partial charge in [-0.15, -0.1) is 0 Å². The van der Waals surface area contributed by atoms with Gasteiger partial charge in [0.15, 0.2) is 0 Å². The van der Waals surface area contributed by atoms with Crippen molar-refractivity contribution in [2.75, 3.05) is 0 Å². The van der Waals surface area contributed by atoms with E-state index in [1.807, 2.05) is 13.8 Å². The maximum absolute atomic E-state index is 12.8. The van der Waals surface area contributed by atoms with E-state index in [1.165, 1.54) is 6.07 Å². The lowest BCUT2D eigenvalue weighted by molar-refractivity contribution is 0.116. The molecular formula is C12H16ClFO. The fourth-order valence-corrected chi connectivity index (χ4v) is 1.55. The van der Waals surface area contributed by atoms with Crippen molar-refractivity contribution in [1.29, 1.82) is 0 Å². The van der Waals surface area contributed by atoms with Gasteiger partial charge in [-0.1, -0.05) is 31.5 Å². The van der Waals surface area contributed by atoms with Crippen LogP contribution in [0.15, 0.2) is 18.2 Å². The fraction of sp³-hybridized carbons (Fsp3) is 0.500. The van der Waals surface area contributed by atoms with Crippen molar-refractivity contribution in [3.8, 4) is 0 Å². The molecule has 1 N–H and O–H groups in total. The van der Waals surface area contributed by atoms with Gasteiger partial charge in [0.2, 0.25) is 0 Å². The Balaban J connectivity index is 2.55. The Kier molecular flexibility index (Phi) is 4.55. The first-order chi connectivity index (χ1) is 7.00. The van der Waals surface area contributed by atoms with E-state index in [0.717, 1.165) is 12.0 Å². The molecule has 0 aromatic heterocycles. The topological polar surface area (TPSA) is 20.2 Å². The number of benzene rings is 1. The molecular weight excluding hydrogens is 215 g/mol. The third-order valence-electron chi connectivity index (χ3n) is 2.48. The zero-order valence-corrected chi connectivity index (χ0v) is 9.76. The lowest BCUT2D eigenvalue weighted by atomic mass is 9.99. The smallest absolute Gasteiger partial charge is 0.141 e. The number of hydrogen-bond acceptors (Lipinski definition) is 1. The van der Waals surface area contributed by atoms with Crippen LogP contribution in [-0.4, -0.2) is 11.2 Å². The average molecular weight is 231 g/mol. The first kappa shape index (κ1) is 12.5. The minimum atomic E-state index is -0.398. The molecule has 1 aromatic rings. The van der Waals surface area contributed by atoms with Crippen molar-refractivity contribution in [2.45, 2.75) is 32.8 Å². The van der Waals surface area contributed by atoms with Crippen LogP contribution in [0.3, 0.4) is 0 Å². The summed E-state index contributed by atoms with van der Waals surface area (Å²) in [5.74, 6) is -0.147.